The van der Waals surface area contributed by atoms with Crippen molar-refractivity contribution in [2.45, 2.75) is 12.8 Å². The molecule has 1 fully saturated rings. The first kappa shape index (κ1) is 14.1. The number of aliphatic carboxylic acids is 1. The number of para-hydroxylation sites is 1. The summed E-state index contributed by atoms with van der Waals surface area (Å²) in [4.78, 5) is 36.3. The molecule has 1 saturated carbocycles. The summed E-state index contributed by atoms with van der Waals surface area (Å²) in [6.45, 7) is 0.0542. The van der Waals surface area contributed by atoms with Crippen molar-refractivity contribution in [2.24, 2.45) is 5.41 Å². The third-order valence-electron chi connectivity index (χ3n) is 3.97. The second-order valence-electron chi connectivity index (χ2n) is 5.45. The lowest BCUT2D eigenvalue weighted by molar-refractivity contribution is -0.383. The lowest BCUT2D eigenvalue weighted by Gasteiger charge is -2.10. The molecule has 0 atom stereocenters. The number of nitro benzene ring substituents is 1. The topological polar surface area (TPSA) is 125 Å². The Kier molecular flexibility index (Phi) is 3.09. The molecule has 114 valence electrons. The molecule has 1 heterocycles. The predicted molar refractivity (Wildman–Crippen MR) is 76.6 cm³/mol. The highest BCUT2D eigenvalue weighted by Crippen LogP contribution is 2.45. The van der Waals surface area contributed by atoms with Crippen molar-refractivity contribution >= 4 is 28.5 Å². The number of hydrogen-bond donors (Lipinski definition) is 3. The molecule has 8 nitrogen and oxygen atoms in total. The zero-order valence-corrected chi connectivity index (χ0v) is 11.5. The molecular formula is C14H13N3O5. The normalized spacial score (nSPS) is 15.5. The number of rotatable bonds is 5. The molecule has 2 aromatic rings. The highest BCUT2D eigenvalue weighted by atomic mass is 16.6. The van der Waals surface area contributed by atoms with E-state index >= 15 is 0 Å². The summed E-state index contributed by atoms with van der Waals surface area (Å²) in [6.07, 6.45) is 1.08. The fourth-order valence-electron chi connectivity index (χ4n) is 2.38. The van der Waals surface area contributed by atoms with Crippen molar-refractivity contribution in [1.29, 1.82) is 0 Å². The van der Waals surface area contributed by atoms with Crippen LogP contribution in [0.2, 0.25) is 0 Å². The smallest absolute Gasteiger partial charge is 0.311 e. The number of nitrogens with zero attached hydrogens (tertiary/aromatic N) is 1. The van der Waals surface area contributed by atoms with Gasteiger partial charge in [-0.2, -0.15) is 0 Å². The Morgan fingerprint density at radius 2 is 2.14 bits per heavy atom. The summed E-state index contributed by atoms with van der Waals surface area (Å²) in [7, 11) is 0. The molecule has 22 heavy (non-hydrogen) atoms. The number of H-pyrrole nitrogens is 1. The van der Waals surface area contributed by atoms with Gasteiger partial charge in [-0.25, -0.2) is 0 Å². The van der Waals surface area contributed by atoms with Crippen LogP contribution in [-0.2, 0) is 4.79 Å². The Hall–Kier alpha value is -2.90. The Bertz CT molecular complexity index is 791. The van der Waals surface area contributed by atoms with Crippen molar-refractivity contribution < 1.29 is 19.6 Å². The first-order chi connectivity index (χ1) is 10.4. The molecule has 1 aliphatic carbocycles. The van der Waals surface area contributed by atoms with E-state index in [9.17, 15) is 19.7 Å². The predicted octanol–water partition coefficient (Wildman–Crippen LogP) is 1.67. The van der Waals surface area contributed by atoms with E-state index in [0.717, 1.165) is 0 Å². The van der Waals surface area contributed by atoms with Crippen LogP contribution in [0.3, 0.4) is 0 Å². The van der Waals surface area contributed by atoms with E-state index in [1.165, 1.54) is 12.1 Å². The molecule has 1 aliphatic rings. The molecule has 0 saturated heterocycles. The van der Waals surface area contributed by atoms with Crippen molar-refractivity contribution in [3.8, 4) is 0 Å². The number of nitrogens with one attached hydrogen (secondary N) is 2. The first-order valence-corrected chi connectivity index (χ1v) is 6.71. The minimum Gasteiger partial charge on any atom is -0.481 e. The largest absolute Gasteiger partial charge is 0.481 e. The van der Waals surface area contributed by atoms with E-state index in [0.29, 0.717) is 18.2 Å². The lowest BCUT2D eigenvalue weighted by atomic mass is 10.1. The quantitative estimate of drug-likeness (QED) is 0.572. The van der Waals surface area contributed by atoms with E-state index in [1.807, 2.05) is 0 Å². The molecule has 1 aromatic heterocycles. The van der Waals surface area contributed by atoms with Gasteiger partial charge in [0, 0.05) is 18.0 Å². The van der Waals surface area contributed by atoms with Crippen LogP contribution < -0.4 is 5.32 Å². The number of carbonyl (C=O) groups excluding carboxylic acids is 1. The number of nitro groups is 1. The third-order valence-corrected chi connectivity index (χ3v) is 3.97. The number of fused-ring (bicyclic) bond motifs is 1. The number of amides is 1. The highest BCUT2D eigenvalue weighted by Gasteiger charge is 2.50. The van der Waals surface area contributed by atoms with Crippen molar-refractivity contribution in [2.75, 3.05) is 6.54 Å². The van der Waals surface area contributed by atoms with Gasteiger partial charge >= 0.3 is 5.97 Å². The average molecular weight is 303 g/mol. The highest BCUT2D eigenvalue weighted by molar-refractivity contribution is 6.00. The fourth-order valence-corrected chi connectivity index (χ4v) is 2.38. The second kappa shape index (κ2) is 4.83. The number of aromatic amines is 1. The zero-order chi connectivity index (χ0) is 15.9. The molecule has 8 heteroatoms. The molecule has 0 radical (unpaired) electrons. The Balaban J connectivity index is 1.81. The molecule has 3 rings (SSSR count). The van der Waals surface area contributed by atoms with Gasteiger partial charge in [-0.1, -0.05) is 12.1 Å². The van der Waals surface area contributed by atoms with Gasteiger partial charge in [0.2, 0.25) is 0 Å². The number of carboxylic acids is 1. The maximum Gasteiger partial charge on any atom is 0.311 e. The summed E-state index contributed by atoms with van der Waals surface area (Å²) in [5, 5.41) is 23.1. The fraction of sp³-hybridized carbons (Fsp3) is 0.286. The van der Waals surface area contributed by atoms with Crippen LogP contribution in [0.1, 0.15) is 23.3 Å². The summed E-state index contributed by atoms with van der Waals surface area (Å²) in [5.41, 5.74) is -0.517. The van der Waals surface area contributed by atoms with Crippen LogP contribution >= 0.6 is 0 Å². The molecule has 0 unspecified atom stereocenters. The number of hydrogen-bond acceptors (Lipinski definition) is 4. The van der Waals surface area contributed by atoms with Crippen LogP contribution in [0.4, 0.5) is 5.69 Å². The number of benzene rings is 1. The number of carbonyl (C=O) groups is 2. The average Bonchev–Trinajstić information content (AvgIpc) is 3.15. The lowest BCUT2D eigenvalue weighted by Crippen LogP contribution is -2.34. The van der Waals surface area contributed by atoms with Crippen LogP contribution in [0.5, 0.6) is 0 Å². The Morgan fingerprint density at radius 1 is 1.41 bits per heavy atom. The Labute approximate surface area is 124 Å². The van der Waals surface area contributed by atoms with E-state index in [1.54, 1.807) is 12.1 Å². The van der Waals surface area contributed by atoms with Gasteiger partial charge in [0.1, 0.15) is 11.2 Å². The monoisotopic (exact) mass is 303 g/mol. The van der Waals surface area contributed by atoms with Gasteiger partial charge in [0.15, 0.2) is 0 Å². The van der Waals surface area contributed by atoms with Crippen LogP contribution in [0.25, 0.3) is 10.9 Å². The van der Waals surface area contributed by atoms with Crippen molar-refractivity contribution in [3.63, 3.8) is 0 Å². The summed E-state index contributed by atoms with van der Waals surface area (Å²) >= 11 is 0. The van der Waals surface area contributed by atoms with Crippen molar-refractivity contribution in [1.82, 2.24) is 10.3 Å². The van der Waals surface area contributed by atoms with E-state index in [4.69, 9.17) is 5.11 Å². The maximum atomic E-state index is 12.1. The molecule has 0 aliphatic heterocycles. The molecule has 3 N–H and O–H groups in total. The van der Waals surface area contributed by atoms with Gasteiger partial charge < -0.3 is 15.4 Å². The molecular weight excluding hydrogens is 290 g/mol. The van der Waals surface area contributed by atoms with Crippen LogP contribution in [-0.4, -0.2) is 33.4 Å². The Morgan fingerprint density at radius 3 is 2.73 bits per heavy atom. The SMILES string of the molecule is O=C(NCC1(C(=O)O)CC1)c1cc2cccc([N+](=O)[O-])c2[nH]1. The molecule has 1 aromatic carbocycles. The first-order valence-electron chi connectivity index (χ1n) is 6.71. The third kappa shape index (κ3) is 2.28. The van der Waals surface area contributed by atoms with Crippen LogP contribution in [0.15, 0.2) is 24.3 Å². The van der Waals surface area contributed by atoms with E-state index < -0.39 is 22.2 Å². The second-order valence-corrected chi connectivity index (χ2v) is 5.45. The summed E-state index contributed by atoms with van der Waals surface area (Å²) < 4.78 is 0. The minimum atomic E-state index is -0.917. The zero-order valence-electron chi connectivity index (χ0n) is 11.5. The molecule has 0 spiro atoms. The maximum absolute atomic E-state index is 12.1. The van der Waals surface area contributed by atoms with Crippen molar-refractivity contribution in [3.05, 3.63) is 40.1 Å². The minimum absolute atomic E-state index is 0.0542. The van der Waals surface area contributed by atoms with Gasteiger partial charge in [-0.3, -0.25) is 19.7 Å². The summed E-state index contributed by atoms with van der Waals surface area (Å²) in [5.74, 6) is -1.39. The van der Waals surface area contributed by atoms with Gasteiger partial charge in [0.05, 0.1) is 10.3 Å². The van der Waals surface area contributed by atoms with E-state index in [-0.39, 0.29) is 23.4 Å². The van der Waals surface area contributed by atoms with Gasteiger partial charge in [-0.05, 0) is 18.9 Å². The number of non-ortho nitro benzene ring substituents is 1. The number of carboxylic acid groups (broad SMARTS) is 1. The van der Waals surface area contributed by atoms with Gasteiger partial charge in [-0.15, -0.1) is 0 Å². The van der Waals surface area contributed by atoms with E-state index in [2.05, 4.69) is 10.3 Å². The molecule has 0 bridgehead atoms. The van der Waals surface area contributed by atoms with Gasteiger partial charge in [0.25, 0.3) is 11.6 Å². The number of aromatic nitrogens is 1. The molecule has 1 amide bonds. The van der Waals surface area contributed by atoms with Crippen LogP contribution in [0, 0.1) is 15.5 Å². The summed E-state index contributed by atoms with van der Waals surface area (Å²) in [6, 6.07) is 6.07. The standard InChI is InChI=1S/C14H13N3O5/c18-12(15-7-14(4-5-14)13(19)20)9-6-8-2-1-3-10(17(21)22)11(8)16-9/h1-3,6,16H,4-5,7H2,(H,15,18)(H,19,20).